The van der Waals surface area contributed by atoms with Gasteiger partial charge in [-0.3, -0.25) is 0 Å². The molecule has 1 aliphatic heterocycles. The maximum Gasteiger partial charge on any atom is 0.337 e. The molecule has 17 heavy (non-hydrogen) atoms. The molecule has 0 radical (unpaired) electrons. The second-order valence-corrected chi connectivity index (χ2v) is 4.46. The van der Waals surface area contributed by atoms with Gasteiger partial charge >= 0.3 is 5.97 Å². The van der Waals surface area contributed by atoms with Gasteiger partial charge in [0.25, 0.3) is 0 Å². The van der Waals surface area contributed by atoms with E-state index < -0.39 is 12.1 Å². The van der Waals surface area contributed by atoms with Crippen molar-refractivity contribution in [3.05, 3.63) is 21.7 Å². The van der Waals surface area contributed by atoms with Crippen molar-refractivity contribution in [3.63, 3.8) is 0 Å². The molecule has 1 atom stereocenters. The third-order valence-electron chi connectivity index (χ3n) is 2.55. The fraction of sp³-hybridized carbons (Fsp3) is 0.364. The summed E-state index contributed by atoms with van der Waals surface area (Å²) >= 11 is 3.27. The van der Waals surface area contributed by atoms with E-state index in [4.69, 9.17) is 14.6 Å². The highest BCUT2D eigenvalue weighted by Crippen LogP contribution is 2.41. The number of rotatable bonds is 2. The molecule has 0 saturated heterocycles. The van der Waals surface area contributed by atoms with Crippen LogP contribution in [-0.2, 0) is 4.79 Å². The van der Waals surface area contributed by atoms with E-state index in [1.54, 1.807) is 6.92 Å². The molecule has 0 saturated carbocycles. The van der Waals surface area contributed by atoms with Gasteiger partial charge in [0.05, 0.1) is 0 Å². The Morgan fingerprint density at radius 3 is 2.76 bits per heavy atom. The highest BCUT2D eigenvalue weighted by molar-refractivity contribution is 9.10. The molecule has 92 valence electrons. The molecule has 1 unspecified atom stereocenters. The van der Waals surface area contributed by atoms with E-state index in [1.807, 2.05) is 0 Å². The smallest absolute Gasteiger partial charge is 0.337 e. The average molecular weight is 303 g/mol. The summed E-state index contributed by atoms with van der Waals surface area (Å²) in [6.45, 7) is 2.65. The standard InChI is InChI=1S/C11H11BrO5/c1-5-8(12)6(9(13)11(14)15)4-7-10(5)17-3-2-16-7/h4,9,13H,2-3H2,1H3,(H,14,15). The lowest BCUT2D eigenvalue weighted by Crippen LogP contribution is -2.18. The van der Waals surface area contributed by atoms with Gasteiger partial charge in [-0.15, -0.1) is 0 Å². The van der Waals surface area contributed by atoms with E-state index >= 15 is 0 Å². The molecule has 1 heterocycles. The van der Waals surface area contributed by atoms with Crippen molar-refractivity contribution in [2.75, 3.05) is 13.2 Å². The zero-order valence-electron chi connectivity index (χ0n) is 9.07. The zero-order valence-corrected chi connectivity index (χ0v) is 10.7. The molecular weight excluding hydrogens is 292 g/mol. The molecular formula is C11H11BrO5. The number of carbonyl (C=O) groups is 1. The van der Waals surface area contributed by atoms with Crippen molar-refractivity contribution >= 4 is 21.9 Å². The van der Waals surface area contributed by atoms with Crippen molar-refractivity contribution in [1.29, 1.82) is 0 Å². The number of hydrogen-bond acceptors (Lipinski definition) is 4. The number of aliphatic hydroxyl groups is 1. The fourth-order valence-corrected chi connectivity index (χ4v) is 2.20. The molecule has 1 aliphatic rings. The van der Waals surface area contributed by atoms with Crippen molar-refractivity contribution in [2.45, 2.75) is 13.0 Å². The van der Waals surface area contributed by atoms with Gasteiger partial charge in [-0.1, -0.05) is 0 Å². The van der Waals surface area contributed by atoms with Gasteiger partial charge in [-0.05, 0) is 28.9 Å². The van der Waals surface area contributed by atoms with E-state index in [1.165, 1.54) is 6.07 Å². The number of carboxylic acid groups (broad SMARTS) is 1. The van der Waals surface area contributed by atoms with E-state index in [0.717, 1.165) is 5.56 Å². The number of aliphatic carboxylic acids is 1. The first-order valence-electron chi connectivity index (χ1n) is 5.02. The Morgan fingerprint density at radius 1 is 1.47 bits per heavy atom. The summed E-state index contributed by atoms with van der Waals surface area (Å²) in [5, 5.41) is 18.4. The molecule has 2 N–H and O–H groups in total. The maximum atomic E-state index is 10.8. The SMILES string of the molecule is Cc1c(Br)c(C(O)C(=O)O)cc2c1OCCO2. The summed E-state index contributed by atoms with van der Waals surface area (Å²) in [6.07, 6.45) is -1.58. The van der Waals surface area contributed by atoms with Gasteiger partial charge in [-0.25, -0.2) is 4.79 Å². The Labute approximate surface area is 106 Å². The van der Waals surface area contributed by atoms with Gasteiger partial charge in [0, 0.05) is 15.6 Å². The average Bonchev–Trinajstić information content (AvgIpc) is 2.33. The van der Waals surface area contributed by atoms with Gasteiger partial charge in [0.2, 0.25) is 0 Å². The quantitative estimate of drug-likeness (QED) is 0.869. The molecule has 0 aliphatic carbocycles. The van der Waals surface area contributed by atoms with E-state index in [2.05, 4.69) is 15.9 Å². The molecule has 0 aromatic heterocycles. The molecule has 0 fully saturated rings. The van der Waals surface area contributed by atoms with E-state index in [0.29, 0.717) is 29.2 Å². The minimum atomic E-state index is -1.58. The van der Waals surface area contributed by atoms with Crippen LogP contribution in [0.1, 0.15) is 17.2 Å². The highest BCUT2D eigenvalue weighted by Gasteiger charge is 2.25. The minimum absolute atomic E-state index is 0.263. The normalized spacial score (nSPS) is 15.5. The number of ether oxygens (including phenoxy) is 2. The van der Waals surface area contributed by atoms with Crippen LogP contribution in [0.2, 0.25) is 0 Å². The lowest BCUT2D eigenvalue weighted by molar-refractivity contribution is -0.147. The number of aliphatic hydroxyl groups excluding tert-OH is 1. The van der Waals surface area contributed by atoms with Crippen LogP contribution in [0.25, 0.3) is 0 Å². The maximum absolute atomic E-state index is 10.8. The summed E-state index contributed by atoms with van der Waals surface area (Å²) in [7, 11) is 0. The minimum Gasteiger partial charge on any atom is -0.486 e. The van der Waals surface area contributed by atoms with Crippen LogP contribution >= 0.6 is 15.9 Å². The Bertz CT molecular complexity index is 471. The second kappa shape index (κ2) is 4.54. The lowest BCUT2D eigenvalue weighted by Gasteiger charge is -2.23. The van der Waals surface area contributed by atoms with Gasteiger partial charge in [-0.2, -0.15) is 0 Å². The van der Waals surface area contributed by atoms with Gasteiger partial charge in [0.15, 0.2) is 17.6 Å². The van der Waals surface area contributed by atoms with Crippen LogP contribution in [0.3, 0.4) is 0 Å². The van der Waals surface area contributed by atoms with Crippen LogP contribution in [0.15, 0.2) is 10.5 Å². The summed E-state index contributed by atoms with van der Waals surface area (Å²) in [5.41, 5.74) is 0.983. The summed E-state index contributed by atoms with van der Waals surface area (Å²) in [4.78, 5) is 10.8. The molecule has 6 heteroatoms. The van der Waals surface area contributed by atoms with Crippen LogP contribution in [-0.4, -0.2) is 29.4 Å². The Morgan fingerprint density at radius 2 is 2.12 bits per heavy atom. The number of benzene rings is 1. The molecule has 0 amide bonds. The number of halogens is 1. The third kappa shape index (κ3) is 2.10. The first-order chi connectivity index (χ1) is 8.02. The van der Waals surface area contributed by atoms with Gasteiger partial charge < -0.3 is 19.7 Å². The van der Waals surface area contributed by atoms with Crippen molar-refractivity contribution in [2.24, 2.45) is 0 Å². The fourth-order valence-electron chi connectivity index (χ4n) is 1.69. The van der Waals surface area contributed by atoms with Crippen molar-refractivity contribution < 1.29 is 24.5 Å². The Balaban J connectivity index is 2.55. The molecule has 0 bridgehead atoms. The molecule has 2 rings (SSSR count). The molecule has 0 spiro atoms. The first-order valence-corrected chi connectivity index (χ1v) is 5.81. The van der Waals surface area contributed by atoms with Crippen molar-refractivity contribution in [3.8, 4) is 11.5 Å². The molecule has 1 aromatic rings. The highest BCUT2D eigenvalue weighted by atomic mass is 79.9. The van der Waals surface area contributed by atoms with Crippen LogP contribution in [0, 0.1) is 6.92 Å². The van der Waals surface area contributed by atoms with Gasteiger partial charge in [0.1, 0.15) is 13.2 Å². The molecule has 1 aromatic carbocycles. The monoisotopic (exact) mass is 302 g/mol. The van der Waals surface area contributed by atoms with Crippen LogP contribution in [0.5, 0.6) is 11.5 Å². The van der Waals surface area contributed by atoms with Crippen molar-refractivity contribution in [1.82, 2.24) is 0 Å². The van der Waals surface area contributed by atoms with E-state index in [-0.39, 0.29) is 5.56 Å². The summed E-state index contributed by atoms with van der Waals surface area (Å²) in [5.74, 6) is -0.251. The first kappa shape index (κ1) is 12.2. The Hall–Kier alpha value is -1.27. The number of hydrogen-bond donors (Lipinski definition) is 2. The lowest BCUT2D eigenvalue weighted by atomic mass is 10.0. The zero-order chi connectivity index (χ0) is 12.6. The second-order valence-electron chi connectivity index (χ2n) is 3.67. The largest absolute Gasteiger partial charge is 0.486 e. The number of fused-ring (bicyclic) bond motifs is 1. The van der Waals surface area contributed by atoms with Crippen LogP contribution in [0.4, 0.5) is 0 Å². The molecule has 5 nitrogen and oxygen atoms in total. The van der Waals surface area contributed by atoms with Crippen LogP contribution < -0.4 is 9.47 Å². The predicted molar refractivity (Wildman–Crippen MR) is 62.5 cm³/mol. The number of carboxylic acids is 1. The third-order valence-corrected chi connectivity index (χ3v) is 3.60. The summed E-state index contributed by atoms with van der Waals surface area (Å²) < 4.78 is 11.4. The summed E-state index contributed by atoms with van der Waals surface area (Å²) in [6, 6.07) is 1.49. The Kier molecular flexibility index (Phi) is 3.26. The van der Waals surface area contributed by atoms with E-state index in [9.17, 15) is 9.90 Å². The predicted octanol–water partition coefficient (Wildman–Crippen LogP) is 1.65. The topological polar surface area (TPSA) is 76.0 Å².